The Morgan fingerprint density at radius 2 is 2.00 bits per heavy atom. The van der Waals surface area contributed by atoms with Crippen molar-refractivity contribution in [3.8, 4) is 0 Å². The van der Waals surface area contributed by atoms with Gasteiger partial charge in [0.25, 0.3) is 0 Å². The third-order valence-electron chi connectivity index (χ3n) is 3.60. The summed E-state index contributed by atoms with van der Waals surface area (Å²) in [5, 5.41) is 14.4. The lowest BCUT2D eigenvalue weighted by molar-refractivity contribution is 0.0167. The van der Waals surface area contributed by atoms with Crippen LogP contribution in [0.4, 0.5) is 5.69 Å². The second kappa shape index (κ2) is 5.28. The molecule has 1 fully saturated rings. The van der Waals surface area contributed by atoms with Crippen molar-refractivity contribution < 1.29 is 5.11 Å². The van der Waals surface area contributed by atoms with Gasteiger partial charge in [0, 0.05) is 6.54 Å². The lowest BCUT2D eigenvalue weighted by Gasteiger charge is -2.32. The summed E-state index contributed by atoms with van der Waals surface area (Å²) in [5.41, 5.74) is 1.52. The molecule has 2 nitrogen and oxygen atoms in total. The van der Waals surface area contributed by atoms with E-state index < -0.39 is 5.60 Å². The first kappa shape index (κ1) is 12.7. The molecule has 0 radical (unpaired) electrons. The summed E-state index contributed by atoms with van der Waals surface area (Å²) in [5.74, 6) is 0. The van der Waals surface area contributed by atoms with Crippen molar-refractivity contribution in [2.75, 3.05) is 11.9 Å². The van der Waals surface area contributed by atoms with E-state index in [9.17, 15) is 5.11 Å². The van der Waals surface area contributed by atoms with Crippen LogP contribution in [0.5, 0.6) is 0 Å². The molecular weight excluding hydrogens is 234 g/mol. The average Bonchev–Trinajstić information content (AvgIpc) is 2.29. The molecule has 0 spiro atoms. The predicted octanol–water partition coefficient (Wildman–Crippen LogP) is 3.76. The van der Waals surface area contributed by atoms with Crippen molar-refractivity contribution in [3.05, 3.63) is 28.8 Å². The minimum Gasteiger partial charge on any atom is -0.388 e. The molecule has 1 saturated carbocycles. The molecule has 0 amide bonds. The Bertz CT molecular complexity index is 366. The van der Waals surface area contributed by atoms with Gasteiger partial charge in [-0.1, -0.05) is 43.0 Å². The van der Waals surface area contributed by atoms with Gasteiger partial charge < -0.3 is 10.4 Å². The largest absolute Gasteiger partial charge is 0.388 e. The summed E-state index contributed by atoms with van der Waals surface area (Å²) in [6, 6.07) is 5.85. The Morgan fingerprint density at radius 3 is 2.65 bits per heavy atom. The molecule has 0 atom stereocenters. The number of hydrogen-bond acceptors (Lipinski definition) is 2. The Kier molecular flexibility index (Phi) is 3.95. The van der Waals surface area contributed by atoms with Crippen LogP contribution in [0.25, 0.3) is 0 Å². The molecule has 1 aliphatic carbocycles. The average molecular weight is 254 g/mol. The zero-order valence-electron chi connectivity index (χ0n) is 10.3. The van der Waals surface area contributed by atoms with Crippen LogP contribution in [0, 0.1) is 6.92 Å². The van der Waals surface area contributed by atoms with Crippen LogP contribution in [0.15, 0.2) is 18.2 Å². The van der Waals surface area contributed by atoms with Crippen LogP contribution in [-0.4, -0.2) is 17.3 Å². The van der Waals surface area contributed by atoms with Crippen molar-refractivity contribution in [1.82, 2.24) is 0 Å². The Balaban J connectivity index is 2.02. The fourth-order valence-corrected chi connectivity index (χ4v) is 2.78. The van der Waals surface area contributed by atoms with Gasteiger partial charge in [-0.3, -0.25) is 0 Å². The van der Waals surface area contributed by atoms with Gasteiger partial charge in [0.15, 0.2) is 0 Å². The fourth-order valence-electron chi connectivity index (χ4n) is 2.50. The maximum atomic E-state index is 10.4. The number of anilines is 1. The number of para-hydroxylation sites is 1. The predicted molar refractivity (Wildman–Crippen MR) is 72.7 cm³/mol. The quantitative estimate of drug-likeness (QED) is 0.860. The Hall–Kier alpha value is -0.730. The number of nitrogens with one attached hydrogen (secondary N) is 1. The minimum absolute atomic E-state index is 0.552. The lowest BCUT2D eigenvalue weighted by atomic mass is 9.85. The van der Waals surface area contributed by atoms with Crippen LogP contribution in [0.2, 0.25) is 5.02 Å². The van der Waals surface area contributed by atoms with E-state index in [1.54, 1.807) is 0 Å². The molecule has 0 saturated heterocycles. The minimum atomic E-state index is -0.552. The number of aryl methyl sites for hydroxylation is 1. The van der Waals surface area contributed by atoms with Crippen molar-refractivity contribution in [3.63, 3.8) is 0 Å². The molecule has 0 aliphatic heterocycles. The standard InChI is InChI=1S/C14H20ClNO/c1-11-6-5-7-12(15)13(11)16-10-14(17)8-3-2-4-9-14/h5-7,16-17H,2-4,8-10H2,1H3. The van der Waals surface area contributed by atoms with E-state index in [1.165, 1.54) is 6.42 Å². The number of hydrogen-bond donors (Lipinski definition) is 2. The summed E-state index contributed by atoms with van der Waals surface area (Å²) in [6.45, 7) is 2.62. The van der Waals surface area contributed by atoms with E-state index in [2.05, 4.69) is 5.32 Å². The Morgan fingerprint density at radius 1 is 1.29 bits per heavy atom. The zero-order valence-corrected chi connectivity index (χ0v) is 11.1. The van der Waals surface area contributed by atoms with Crippen molar-refractivity contribution in [2.24, 2.45) is 0 Å². The summed E-state index contributed by atoms with van der Waals surface area (Å²) in [4.78, 5) is 0. The normalized spacial score (nSPS) is 19.0. The van der Waals surface area contributed by atoms with Gasteiger partial charge in [-0.05, 0) is 31.4 Å². The number of benzene rings is 1. The number of halogens is 1. The van der Waals surface area contributed by atoms with Crippen LogP contribution in [-0.2, 0) is 0 Å². The molecule has 2 N–H and O–H groups in total. The third-order valence-corrected chi connectivity index (χ3v) is 3.92. The van der Waals surface area contributed by atoms with E-state index >= 15 is 0 Å². The molecule has 94 valence electrons. The van der Waals surface area contributed by atoms with Gasteiger partial charge in [0.1, 0.15) is 0 Å². The first-order chi connectivity index (χ1) is 8.11. The molecule has 0 bridgehead atoms. The maximum absolute atomic E-state index is 10.4. The van der Waals surface area contributed by atoms with E-state index in [4.69, 9.17) is 11.6 Å². The fraction of sp³-hybridized carbons (Fsp3) is 0.571. The second-order valence-corrected chi connectivity index (χ2v) is 5.48. The van der Waals surface area contributed by atoms with Gasteiger partial charge in [-0.15, -0.1) is 0 Å². The molecule has 0 aromatic heterocycles. The smallest absolute Gasteiger partial charge is 0.0819 e. The van der Waals surface area contributed by atoms with Gasteiger partial charge in [-0.2, -0.15) is 0 Å². The van der Waals surface area contributed by atoms with Crippen LogP contribution in [0.1, 0.15) is 37.7 Å². The Labute approximate surface area is 108 Å². The molecule has 0 unspecified atom stereocenters. The SMILES string of the molecule is Cc1cccc(Cl)c1NCC1(O)CCCCC1. The molecular formula is C14H20ClNO. The van der Waals surface area contributed by atoms with Crippen LogP contribution in [0.3, 0.4) is 0 Å². The lowest BCUT2D eigenvalue weighted by Crippen LogP contribution is -2.38. The molecule has 1 aromatic carbocycles. The molecule has 2 rings (SSSR count). The van der Waals surface area contributed by atoms with Crippen molar-refractivity contribution in [2.45, 2.75) is 44.6 Å². The summed E-state index contributed by atoms with van der Waals surface area (Å²) < 4.78 is 0. The van der Waals surface area contributed by atoms with Crippen LogP contribution < -0.4 is 5.32 Å². The monoisotopic (exact) mass is 253 g/mol. The zero-order chi connectivity index (χ0) is 12.3. The first-order valence-corrected chi connectivity index (χ1v) is 6.70. The highest BCUT2D eigenvalue weighted by molar-refractivity contribution is 6.33. The maximum Gasteiger partial charge on any atom is 0.0819 e. The summed E-state index contributed by atoms with van der Waals surface area (Å²) in [6.07, 6.45) is 5.28. The molecule has 3 heteroatoms. The van der Waals surface area contributed by atoms with E-state index in [0.29, 0.717) is 6.54 Å². The van der Waals surface area contributed by atoms with Gasteiger partial charge in [0.2, 0.25) is 0 Å². The van der Waals surface area contributed by atoms with E-state index in [0.717, 1.165) is 42.0 Å². The third kappa shape index (κ3) is 3.14. The molecule has 1 aliphatic rings. The van der Waals surface area contributed by atoms with E-state index in [-0.39, 0.29) is 0 Å². The molecule has 0 heterocycles. The van der Waals surface area contributed by atoms with Gasteiger partial charge in [-0.25, -0.2) is 0 Å². The van der Waals surface area contributed by atoms with Crippen molar-refractivity contribution in [1.29, 1.82) is 0 Å². The summed E-state index contributed by atoms with van der Waals surface area (Å²) in [7, 11) is 0. The molecule has 1 aromatic rings. The van der Waals surface area contributed by atoms with Crippen LogP contribution >= 0.6 is 11.6 Å². The van der Waals surface area contributed by atoms with Gasteiger partial charge >= 0.3 is 0 Å². The topological polar surface area (TPSA) is 32.3 Å². The number of aliphatic hydroxyl groups is 1. The molecule has 17 heavy (non-hydrogen) atoms. The summed E-state index contributed by atoms with van der Waals surface area (Å²) >= 11 is 6.15. The highest BCUT2D eigenvalue weighted by Gasteiger charge is 2.28. The highest BCUT2D eigenvalue weighted by atomic mass is 35.5. The second-order valence-electron chi connectivity index (χ2n) is 5.07. The van der Waals surface area contributed by atoms with Gasteiger partial charge in [0.05, 0.1) is 16.3 Å². The highest BCUT2D eigenvalue weighted by Crippen LogP contribution is 2.30. The van der Waals surface area contributed by atoms with Crippen molar-refractivity contribution >= 4 is 17.3 Å². The van der Waals surface area contributed by atoms with E-state index in [1.807, 2.05) is 25.1 Å². The first-order valence-electron chi connectivity index (χ1n) is 6.32. The number of rotatable bonds is 3.